The third-order valence-corrected chi connectivity index (χ3v) is 3.25. The van der Waals surface area contributed by atoms with Crippen molar-refractivity contribution < 1.29 is 14.3 Å². The molecule has 0 N–H and O–H groups in total. The van der Waals surface area contributed by atoms with Crippen molar-refractivity contribution in [2.45, 2.75) is 20.8 Å². The normalized spacial score (nSPS) is 17.6. The van der Waals surface area contributed by atoms with Gasteiger partial charge < -0.3 is 4.74 Å². The number of benzene rings is 1. The van der Waals surface area contributed by atoms with Crippen LogP contribution in [-0.2, 0) is 14.3 Å². The van der Waals surface area contributed by atoms with Crippen LogP contribution in [0.3, 0.4) is 0 Å². The number of esters is 2. The van der Waals surface area contributed by atoms with Gasteiger partial charge in [0, 0.05) is 5.02 Å². The lowest BCUT2D eigenvalue weighted by molar-refractivity contribution is -0.149. The highest BCUT2D eigenvalue weighted by Crippen LogP contribution is 2.32. The maximum atomic E-state index is 11.8. The molecule has 0 bridgehead atoms. The Balaban J connectivity index is 2.62. The number of ether oxygens (including phenoxy) is 1. The minimum atomic E-state index is -0.589. The van der Waals surface area contributed by atoms with Gasteiger partial charge in [-0.3, -0.25) is 0 Å². The first-order chi connectivity index (χ1) is 8.91. The Hall–Kier alpha value is -1.87. The molecule has 4 heteroatoms. The van der Waals surface area contributed by atoms with Gasteiger partial charge in [0.2, 0.25) is 0 Å². The van der Waals surface area contributed by atoms with Crippen LogP contribution >= 0.6 is 11.6 Å². The van der Waals surface area contributed by atoms with Crippen molar-refractivity contribution in [3.05, 3.63) is 51.6 Å². The Kier molecular flexibility index (Phi) is 3.58. The summed E-state index contributed by atoms with van der Waals surface area (Å²) < 4.78 is 4.69. The molecule has 0 aromatic heterocycles. The number of carbonyl (C=O) groups excluding carboxylic acids is 2. The molecule has 1 aromatic carbocycles. The molecule has 1 saturated heterocycles. The first kappa shape index (κ1) is 13.6. The Morgan fingerprint density at radius 2 is 1.47 bits per heavy atom. The van der Waals surface area contributed by atoms with Crippen LogP contribution in [0.1, 0.15) is 26.3 Å². The zero-order valence-corrected chi connectivity index (χ0v) is 11.7. The molecular weight excluding hydrogens is 264 g/mol. The lowest BCUT2D eigenvalue weighted by Gasteiger charge is -2.06. The van der Waals surface area contributed by atoms with Gasteiger partial charge in [-0.2, -0.15) is 0 Å². The van der Waals surface area contributed by atoms with E-state index in [1.165, 1.54) is 0 Å². The molecule has 1 heterocycles. The summed E-state index contributed by atoms with van der Waals surface area (Å²) >= 11 is 5.84. The number of rotatable bonds is 1. The molecule has 3 nitrogen and oxygen atoms in total. The molecule has 0 spiro atoms. The molecule has 2 rings (SSSR count). The van der Waals surface area contributed by atoms with Crippen molar-refractivity contribution in [3.8, 4) is 0 Å². The predicted molar refractivity (Wildman–Crippen MR) is 73.5 cm³/mol. The number of halogens is 1. The maximum Gasteiger partial charge on any atom is 0.347 e. The summed E-state index contributed by atoms with van der Waals surface area (Å²) in [6.45, 7) is 5.36. The van der Waals surface area contributed by atoms with Gasteiger partial charge in [0.05, 0.1) is 11.1 Å². The molecule has 1 aliphatic heterocycles. The van der Waals surface area contributed by atoms with Crippen molar-refractivity contribution in [1.29, 1.82) is 0 Å². The Morgan fingerprint density at radius 1 is 0.947 bits per heavy atom. The first-order valence-electron chi connectivity index (χ1n) is 5.83. The van der Waals surface area contributed by atoms with Crippen LogP contribution in [0.2, 0.25) is 5.02 Å². The third kappa shape index (κ3) is 2.47. The molecule has 98 valence electrons. The Morgan fingerprint density at radius 3 is 2.00 bits per heavy atom. The van der Waals surface area contributed by atoms with Crippen molar-refractivity contribution >= 4 is 29.1 Å². The van der Waals surface area contributed by atoms with Crippen LogP contribution in [-0.4, -0.2) is 11.9 Å². The van der Waals surface area contributed by atoms with Crippen LogP contribution in [0.25, 0.3) is 5.57 Å². The standard InChI is InChI=1S/C15H13ClO3/c1-8(2)12-13(15(18)19-14(12)17)9(3)10-4-6-11(16)7-5-10/h4-7H,1-3H3/b13-9-. The fraction of sp³-hybridized carbons (Fsp3) is 0.200. The number of hydrogen-bond donors (Lipinski definition) is 0. The zero-order chi connectivity index (χ0) is 14.2. The van der Waals surface area contributed by atoms with E-state index < -0.39 is 11.9 Å². The van der Waals surface area contributed by atoms with E-state index in [0.717, 1.165) is 11.1 Å². The monoisotopic (exact) mass is 276 g/mol. The van der Waals surface area contributed by atoms with E-state index in [1.54, 1.807) is 32.9 Å². The minimum Gasteiger partial charge on any atom is -0.386 e. The summed E-state index contributed by atoms with van der Waals surface area (Å²) in [5.41, 5.74) is 3.01. The predicted octanol–water partition coefficient (Wildman–Crippen LogP) is 3.53. The average Bonchev–Trinajstić information content (AvgIpc) is 2.64. The van der Waals surface area contributed by atoms with Crippen molar-refractivity contribution in [3.63, 3.8) is 0 Å². The molecule has 1 aliphatic rings. The van der Waals surface area contributed by atoms with E-state index in [0.29, 0.717) is 21.7 Å². The van der Waals surface area contributed by atoms with E-state index in [-0.39, 0.29) is 0 Å². The van der Waals surface area contributed by atoms with E-state index in [4.69, 9.17) is 16.3 Å². The zero-order valence-electron chi connectivity index (χ0n) is 10.9. The van der Waals surface area contributed by atoms with Gasteiger partial charge in [-0.05, 0) is 44.0 Å². The Labute approximate surface area is 116 Å². The molecule has 0 aliphatic carbocycles. The summed E-state index contributed by atoms with van der Waals surface area (Å²) in [5.74, 6) is -1.16. The van der Waals surface area contributed by atoms with Crippen LogP contribution < -0.4 is 0 Å². The Bertz CT molecular complexity index is 617. The smallest absolute Gasteiger partial charge is 0.347 e. The third-order valence-electron chi connectivity index (χ3n) is 3.00. The van der Waals surface area contributed by atoms with Crippen LogP contribution in [0, 0.1) is 0 Å². The summed E-state index contributed by atoms with van der Waals surface area (Å²) in [6, 6.07) is 7.10. The highest BCUT2D eigenvalue weighted by molar-refractivity contribution is 6.30. The number of cyclic esters (lactones) is 2. The van der Waals surface area contributed by atoms with E-state index in [9.17, 15) is 9.59 Å². The molecule has 0 atom stereocenters. The topological polar surface area (TPSA) is 43.4 Å². The highest BCUT2D eigenvalue weighted by Gasteiger charge is 2.35. The van der Waals surface area contributed by atoms with Crippen molar-refractivity contribution in [2.24, 2.45) is 0 Å². The van der Waals surface area contributed by atoms with E-state index in [2.05, 4.69) is 0 Å². The lowest BCUT2D eigenvalue weighted by atomic mass is 9.95. The molecule has 0 unspecified atom stereocenters. The van der Waals surface area contributed by atoms with Gasteiger partial charge in [-0.15, -0.1) is 0 Å². The minimum absolute atomic E-state index is 0.340. The van der Waals surface area contributed by atoms with Crippen LogP contribution in [0.4, 0.5) is 0 Å². The fourth-order valence-corrected chi connectivity index (χ4v) is 2.16. The molecule has 1 fully saturated rings. The SMILES string of the molecule is CC(C)=C1C(=O)OC(=O)/C1=C(/C)c1ccc(Cl)cc1. The fourth-order valence-electron chi connectivity index (χ4n) is 2.03. The quantitative estimate of drug-likeness (QED) is 0.448. The summed E-state index contributed by atoms with van der Waals surface area (Å²) in [7, 11) is 0. The molecular formula is C15H13ClO3. The lowest BCUT2D eigenvalue weighted by Crippen LogP contribution is -1.99. The van der Waals surface area contributed by atoms with Crippen LogP contribution in [0.5, 0.6) is 0 Å². The average molecular weight is 277 g/mol. The molecule has 0 radical (unpaired) electrons. The van der Waals surface area contributed by atoms with Gasteiger partial charge in [0.1, 0.15) is 0 Å². The van der Waals surface area contributed by atoms with Gasteiger partial charge >= 0.3 is 11.9 Å². The molecule has 0 amide bonds. The molecule has 19 heavy (non-hydrogen) atoms. The van der Waals surface area contributed by atoms with Gasteiger partial charge in [-0.1, -0.05) is 29.3 Å². The van der Waals surface area contributed by atoms with Crippen LogP contribution in [0.15, 0.2) is 41.0 Å². The van der Waals surface area contributed by atoms with Crippen molar-refractivity contribution in [2.75, 3.05) is 0 Å². The first-order valence-corrected chi connectivity index (χ1v) is 6.20. The summed E-state index contributed by atoms with van der Waals surface area (Å²) in [5, 5.41) is 0.620. The molecule has 0 saturated carbocycles. The summed E-state index contributed by atoms with van der Waals surface area (Å²) in [6.07, 6.45) is 0. The second-order valence-electron chi connectivity index (χ2n) is 4.56. The van der Waals surface area contributed by atoms with Crippen molar-refractivity contribution in [1.82, 2.24) is 0 Å². The second-order valence-corrected chi connectivity index (χ2v) is 5.00. The number of allylic oxidation sites excluding steroid dienone is 2. The van der Waals surface area contributed by atoms with Gasteiger partial charge in [0.15, 0.2) is 0 Å². The van der Waals surface area contributed by atoms with Gasteiger partial charge in [-0.25, -0.2) is 9.59 Å². The number of carbonyl (C=O) groups is 2. The molecule has 1 aromatic rings. The largest absolute Gasteiger partial charge is 0.386 e. The maximum absolute atomic E-state index is 11.8. The highest BCUT2D eigenvalue weighted by atomic mass is 35.5. The van der Waals surface area contributed by atoms with E-state index >= 15 is 0 Å². The van der Waals surface area contributed by atoms with E-state index in [1.807, 2.05) is 12.1 Å². The second kappa shape index (κ2) is 5.02. The van der Waals surface area contributed by atoms with Gasteiger partial charge in [0.25, 0.3) is 0 Å². The summed E-state index contributed by atoms with van der Waals surface area (Å²) in [4.78, 5) is 23.5. The number of hydrogen-bond acceptors (Lipinski definition) is 3.